The van der Waals surface area contributed by atoms with Crippen LogP contribution in [0.1, 0.15) is 48.2 Å². The molecule has 0 aliphatic heterocycles. The van der Waals surface area contributed by atoms with Crippen LogP contribution in [0.15, 0.2) is 12.1 Å². The van der Waals surface area contributed by atoms with Gasteiger partial charge in [0.25, 0.3) is 5.91 Å². The Labute approximate surface area is 121 Å². The predicted molar refractivity (Wildman–Crippen MR) is 82.1 cm³/mol. The van der Waals surface area contributed by atoms with Gasteiger partial charge < -0.3 is 10.2 Å². The lowest BCUT2D eigenvalue weighted by atomic mass is 9.89. The highest BCUT2D eigenvalue weighted by Gasteiger charge is 2.19. The Morgan fingerprint density at radius 2 is 2.05 bits per heavy atom. The summed E-state index contributed by atoms with van der Waals surface area (Å²) in [5.41, 5.74) is 1.59. The van der Waals surface area contributed by atoms with Crippen molar-refractivity contribution in [3.8, 4) is 0 Å². The van der Waals surface area contributed by atoms with Gasteiger partial charge >= 0.3 is 0 Å². The number of rotatable bonds is 4. The number of aromatic nitrogens is 1. The van der Waals surface area contributed by atoms with Crippen LogP contribution >= 0.6 is 0 Å². The minimum Gasteiger partial charge on any atom is -0.373 e. The third-order valence-corrected chi connectivity index (χ3v) is 4.06. The Kier molecular flexibility index (Phi) is 4.99. The molecule has 0 atom stereocenters. The fourth-order valence-corrected chi connectivity index (χ4v) is 2.98. The lowest BCUT2D eigenvalue weighted by Gasteiger charge is -2.27. The molecular formula is C16H25N3O. The third-order valence-electron chi connectivity index (χ3n) is 4.06. The summed E-state index contributed by atoms with van der Waals surface area (Å²) in [6.45, 7) is 2.79. The molecule has 0 saturated heterocycles. The number of aryl methyl sites for hydroxylation is 1. The SMILES string of the molecule is CNc1cc(C(=O)N(C)CC2CCCCC2)cc(C)n1. The molecule has 0 spiro atoms. The Morgan fingerprint density at radius 3 is 2.70 bits per heavy atom. The number of nitrogens with one attached hydrogen (secondary N) is 1. The zero-order chi connectivity index (χ0) is 14.5. The van der Waals surface area contributed by atoms with Crippen molar-refractivity contribution in [2.75, 3.05) is 26.0 Å². The summed E-state index contributed by atoms with van der Waals surface area (Å²) < 4.78 is 0. The second kappa shape index (κ2) is 6.73. The molecular weight excluding hydrogens is 250 g/mol. The van der Waals surface area contributed by atoms with Crippen LogP contribution in [0.3, 0.4) is 0 Å². The topological polar surface area (TPSA) is 45.2 Å². The van der Waals surface area contributed by atoms with Gasteiger partial charge in [-0.3, -0.25) is 4.79 Å². The molecule has 20 heavy (non-hydrogen) atoms. The van der Waals surface area contributed by atoms with Gasteiger partial charge in [-0.15, -0.1) is 0 Å². The van der Waals surface area contributed by atoms with Gasteiger partial charge in [-0.05, 0) is 37.8 Å². The Morgan fingerprint density at radius 1 is 1.35 bits per heavy atom. The van der Waals surface area contributed by atoms with Gasteiger partial charge in [0.2, 0.25) is 0 Å². The monoisotopic (exact) mass is 275 g/mol. The predicted octanol–water partition coefficient (Wildman–Crippen LogP) is 3.08. The fraction of sp³-hybridized carbons (Fsp3) is 0.625. The van der Waals surface area contributed by atoms with Crippen LogP contribution in [0.5, 0.6) is 0 Å². The van der Waals surface area contributed by atoms with Gasteiger partial charge in [0.05, 0.1) is 0 Å². The number of hydrogen-bond donors (Lipinski definition) is 1. The van der Waals surface area contributed by atoms with Crippen LogP contribution < -0.4 is 5.32 Å². The van der Waals surface area contributed by atoms with E-state index in [1.807, 2.05) is 38.1 Å². The van der Waals surface area contributed by atoms with E-state index in [0.29, 0.717) is 5.92 Å². The van der Waals surface area contributed by atoms with Crippen LogP contribution in [0.2, 0.25) is 0 Å². The molecule has 0 radical (unpaired) electrons. The van der Waals surface area contributed by atoms with Crippen molar-refractivity contribution in [2.24, 2.45) is 5.92 Å². The first-order chi connectivity index (χ1) is 9.60. The summed E-state index contributed by atoms with van der Waals surface area (Å²) in [6, 6.07) is 3.69. The number of pyridine rings is 1. The van der Waals surface area contributed by atoms with Gasteiger partial charge in [-0.2, -0.15) is 0 Å². The molecule has 1 aromatic rings. The number of nitrogens with zero attached hydrogens (tertiary/aromatic N) is 2. The van der Waals surface area contributed by atoms with Gasteiger partial charge in [0.15, 0.2) is 0 Å². The molecule has 4 heteroatoms. The van der Waals surface area contributed by atoms with E-state index < -0.39 is 0 Å². The zero-order valence-electron chi connectivity index (χ0n) is 12.8. The zero-order valence-corrected chi connectivity index (χ0v) is 12.8. The highest BCUT2D eigenvalue weighted by atomic mass is 16.2. The van der Waals surface area contributed by atoms with E-state index in [1.54, 1.807) is 0 Å². The van der Waals surface area contributed by atoms with E-state index in [0.717, 1.165) is 23.6 Å². The molecule has 110 valence electrons. The highest BCUT2D eigenvalue weighted by Crippen LogP contribution is 2.24. The maximum Gasteiger partial charge on any atom is 0.253 e. The highest BCUT2D eigenvalue weighted by molar-refractivity contribution is 5.94. The third kappa shape index (κ3) is 3.71. The minimum atomic E-state index is 0.0950. The van der Waals surface area contributed by atoms with Gasteiger partial charge in [0.1, 0.15) is 5.82 Å². The summed E-state index contributed by atoms with van der Waals surface area (Å²) in [5.74, 6) is 1.52. The van der Waals surface area contributed by atoms with Crippen LogP contribution in [-0.2, 0) is 0 Å². The van der Waals surface area contributed by atoms with E-state index in [4.69, 9.17) is 0 Å². The number of amides is 1. The molecule has 1 aliphatic rings. The van der Waals surface area contributed by atoms with Crippen molar-refractivity contribution in [3.05, 3.63) is 23.4 Å². The first-order valence-electron chi connectivity index (χ1n) is 7.52. The Bertz CT molecular complexity index is 467. The van der Waals surface area contributed by atoms with E-state index in [2.05, 4.69) is 10.3 Å². The summed E-state index contributed by atoms with van der Waals surface area (Å²) in [4.78, 5) is 18.7. The molecule has 0 bridgehead atoms. The normalized spacial score (nSPS) is 15.9. The standard InChI is InChI=1S/C16H25N3O/c1-12-9-14(10-15(17-2)18-12)16(20)19(3)11-13-7-5-4-6-8-13/h9-10,13H,4-8,11H2,1-3H3,(H,17,18). The average Bonchev–Trinajstić information content (AvgIpc) is 2.46. The molecule has 1 saturated carbocycles. The Hall–Kier alpha value is -1.58. The maximum absolute atomic E-state index is 12.5. The van der Waals surface area contributed by atoms with Gasteiger partial charge in [-0.25, -0.2) is 4.98 Å². The van der Waals surface area contributed by atoms with E-state index in [-0.39, 0.29) is 5.91 Å². The molecule has 2 rings (SSSR count). The number of carbonyl (C=O) groups excluding carboxylic acids is 1. The van der Waals surface area contributed by atoms with Crippen molar-refractivity contribution in [1.29, 1.82) is 0 Å². The van der Waals surface area contributed by atoms with Crippen LogP contribution in [0.25, 0.3) is 0 Å². The summed E-state index contributed by atoms with van der Waals surface area (Å²) >= 11 is 0. The van der Waals surface area contributed by atoms with E-state index in [9.17, 15) is 4.79 Å². The van der Waals surface area contributed by atoms with E-state index >= 15 is 0 Å². The second-order valence-corrected chi connectivity index (χ2v) is 5.82. The summed E-state index contributed by atoms with van der Waals surface area (Å²) in [5, 5.41) is 3.00. The molecule has 1 amide bonds. The first-order valence-corrected chi connectivity index (χ1v) is 7.52. The quantitative estimate of drug-likeness (QED) is 0.918. The van der Waals surface area contributed by atoms with Crippen molar-refractivity contribution >= 4 is 11.7 Å². The smallest absolute Gasteiger partial charge is 0.253 e. The van der Waals surface area contributed by atoms with Crippen molar-refractivity contribution < 1.29 is 4.79 Å². The molecule has 0 unspecified atom stereocenters. The largest absolute Gasteiger partial charge is 0.373 e. The molecule has 1 N–H and O–H groups in total. The lowest BCUT2D eigenvalue weighted by molar-refractivity contribution is 0.0760. The van der Waals surface area contributed by atoms with Crippen LogP contribution in [0.4, 0.5) is 5.82 Å². The molecule has 1 fully saturated rings. The molecule has 1 aliphatic carbocycles. The lowest BCUT2D eigenvalue weighted by Crippen LogP contribution is -2.32. The maximum atomic E-state index is 12.5. The van der Waals surface area contributed by atoms with Crippen molar-refractivity contribution in [2.45, 2.75) is 39.0 Å². The number of hydrogen-bond acceptors (Lipinski definition) is 3. The number of carbonyl (C=O) groups is 1. The molecule has 0 aromatic carbocycles. The van der Waals surface area contributed by atoms with E-state index in [1.165, 1.54) is 32.1 Å². The summed E-state index contributed by atoms with van der Waals surface area (Å²) in [6.07, 6.45) is 6.49. The van der Waals surface area contributed by atoms with Gasteiger partial charge in [-0.1, -0.05) is 19.3 Å². The second-order valence-electron chi connectivity index (χ2n) is 5.82. The Balaban J connectivity index is 2.03. The first kappa shape index (κ1) is 14.8. The van der Waals surface area contributed by atoms with Crippen LogP contribution in [0, 0.1) is 12.8 Å². The minimum absolute atomic E-state index is 0.0950. The van der Waals surface area contributed by atoms with Crippen molar-refractivity contribution in [1.82, 2.24) is 9.88 Å². The fourth-order valence-electron chi connectivity index (χ4n) is 2.98. The summed E-state index contributed by atoms with van der Waals surface area (Å²) in [7, 11) is 3.73. The van der Waals surface area contributed by atoms with Gasteiger partial charge in [0, 0.05) is 31.9 Å². The molecule has 4 nitrogen and oxygen atoms in total. The number of anilines is 1. The average molecular weight is 275 g/mol. The molecule has 1 aromatic heterocycles. The van der Waals surface area contributed by atoms with Crippen LogP contribution in [-0.4, -0.2) is 36.4 Å². The molecule has 1 heterocycles. The van der Waals surface area contributed by atoms with Crippen molar-refractivity contribution in [3.63, 3.8) is 0 Å².